The van der Waals surface area contributed by atoms with Crippen molar-refractivity contribution in [1.82, 2.24) is 5.32 Å². The minimum absolute atomic E-state index is 0.212. The van der Waals surface area contributed by atoms with Crippen LogP contribution in [0.1, 0.15) is 40.0 Å². The summed E-state index contributed by atoms with van der Waals surface area (Å²) in [6, 6.07) is 0.212. The number of methoxy groups -OCH3 is 1. The highest BCUT2D eigenvalue weighted by atomic mass is 16.5. The van der Waals surface area contributed by atoms with Crippen LogP contribution in [0.25, 0.3) is 0 Å². The van der Waals surface area contributed by atoms with Gasteiger partial charge in [-0.05, 0) is 40.0 Å². The number of carbonyl (C=O) groups excluding carboxylic acids is 1. The minimum atomic E-state index is -0.672. The molecule has 0 aliphatic rings. The molecule has 21 heavy (non-hydrogen) atoms. The molecule has 0 radical (unpaired) electrons. The highest BCUT2D eigenvalue weighted by Crippen LogP contribution is 2.13. The predicted octanol–water partition coefficient (Wildman–Crippen LogP) is 1.08. The van der Waals surface area contributed by atoms with Crippen LogP contribution in [0.4, 0.5) is 0 Å². The second kappa shape index (κ2) is 11.9. The lowest BCUT2D eigenvalue weighted by atomic mass is 9.94. The van der Waals surface area contributed by atoms with Crippen molar-refractivity contribution in [2.24, 2.45) is 5.73 Å². The Morgan fingerprint density at radius 1 is 1.10 bits per heavy atom. The van der Waals surface area contributed by atoms with E-state index in [1.54, 1.807) is 7.11 Å². The first-order valence-electron chi connectivity index (χ1n) is 7.64. The van der Waals surface area contributed by atoms with Crippen LogP contribution < -0.4 is 11.1 Å². The first-order valence-corrected chi connectivity index (χ1v) is 7.64. The van der Waals surface area contributed by atoms with E-state index in [2.05, 4.69) is 5.32 Å². The number of nitrogens with two attached hydrogens (primary N) is 1. The fourth-order valence-corrected chi connectivity index (χ4v) is 2.06. The van der Waals surface area contributed by atoms with Crippen LogP contribution in [0.3, 0.4) is 0 Å². The summed E-state index contributed by atoms with van der Waals surface area (Å²) in [5.41, 5.74) is 4.79. The molecule has 3 N–H and O–H groups in total. The lowest BCUT2D eigenvalue weighted by molar-refractivity contribution is -0.124. The van der Waals surface area contributed by atoms with E-state index in [0.717, 1.165) is 19.4 Å². The maximum absolute atomic E-state index is 11.5. The first-order chi connectivity index (χ1) is 9.92. The molecule has 1 unspecified atom stereocenters. The zero-order valence-corrected chi connectivity index (χ0v) is 13.9. The van der Waals surface area contributed by atoms with Crippen LogP contribution in [0.15, 0.2) is 0 Å². The molecule has 0 spiro atoms. The quantitative estimate of drug-likeness (QED) is 0.469. The van der Waals surface area contributed by atoms with Crippen molar-refractivity contribution in [1.29, 1.82) is 0 Å². The van der Waals surface area contributed by atoms with Crippen molar-refractivity contribution in [3.05, 3.63) is 0 Å². The van der Waals surface area contributed by atoms with Crippen LogP contribution in [0, 0.1) is 0 Å². The summed E-state index contributed by atoms with van der Waals surface area (Å²) in [4.78, 5) is 11.5. The zero-order chi connectivity index (χ0) is 16.1. The molecule has 6 heteroatoms. The van der Waals surface area contributed by atoms with Gasteiger partial charge in [-0.2, -0.15) is 0 Å². The lowest BCUT2D eigenvalue weighted by Gasteiger charge is -2.29. The summed E-state index contributed by atoms with van der Waals surface area (Å²) in [5.74, 6) is -0.322. The molecule has 0 aromatic heterocycles. The summed E-state index contributed by atoms with van der Waals surface area (Å²) < 4.78 is 15.8. The molecule has 0 rings (SSSR count). The molecular formula is C15H32N2O4. The van der Waals surface area contributed by atoms with Gasteiger partial charge in [-0.1, -0.05) is 0 Å². The molecule has 6 nitrogen and oxygen atoms in total. The Kier molecular flexibility index (Phi) is 11.5. The third kappa shape index (κ3) is 10.6. The molecule has 0 aromatic rings. The Morgan fingerprint density at radius 2 is 1.67 bits per heavy atom. The van der Waals surface area contributed by atoms with Crippen LogP contribution in [-0.2, 0) is 19.0 Å². The van der Waals surface area contributed by atoms with Gasteiger partial charge in [0.1, 0.15) is 0 Å². The van der Waals surface area contributed by atoms with E-state index in [-0.39, 0.29) is 11.9 Å². The molecule has 0 aliphatic carbocycles. The number of amides is 1. The molecule has 0 saturated carbocycles. The van der Waals surface area contributed by atoms with Gasteiger partial charge in [-0.3, -0.25) is 4.79 Å². The predicted molar refractivity (Wildman–Crippen MR) is 83.2 cm³/mol. The number of hydrogen-bond donors (Lipinski definition) is 2. The third-order valence-electron chi connectivity index (χ3n) is 3.13. The fraction of sp³-hybridized carbons (Fsp3) is 0.933. The number of nitrogens with one attached hydrogen (secondary N) is 1. The molecule has 126 valence electrons. The first kappa shape index (κ1) is 20.3. The third-order valence-corrected chi connectivity index (χ3v) is 3.13. The monoisotopic (exact) mass is 304 g/mol. The summed E-state index contributed by atoms with van der Waals surface area (Å²) in [5, 5.41) is 3.22. The Labute approximate surface area is 128 Å². The largest absolute Gasteiger partial charge is 0.385 e. The van der Waals surface area contributed by atoms with Crippen LogP contribution in [0.5, 0.6) is 0 Å². The summed E-state index contributed by atoms with van der Waals surface area (Å²) in [6.45, 7) is 9.00. The average Bonchev–Trinajstić information content (AvgIpc) is 2.40. The number of carbonyl (C=O) groups is 1. The summed E-state index contributed by atoms with van der Waals surface area (Å²) >= 11 is 0. The summed E-state index contributed by atoms with van der Waals surface area (Å²) in [6.07, 6.45) is 2.34. The molecule has 0 saturated heterocycles. The van der Waals surface area contributed by atoms with E-state index in [0.29, 0.717) is 32.8 Å². The van der Waals surface area contributed by atoms with E-state index >= 15 is 0 Å². The van der Waals surface area contributed by atoms with E-state index in [4.69, 9.17) is 19.9 Å². The van der Waals surface area contributed by atoms with Gasteiger partial charge in [0.2, 0.25) is 5.91 Å². The van der Waals surface area contributed by atoms with E-state index in [1.807, 2.05) is 20.8 Å². The van der Waals surface area contributed by atoms with Gasteiger partial charge in [0.25, 0.3) is 0 Å². The Bertz CT molecular complexity index is 274. The van der Waals surface area contributed by atoms with Crippen molar-refractivity contribution in [2.45, 2.75) is 51.6 Å². The topological polar surface area (TPSA) is 82.8 Å². The van der Waals surface area contributed by atoms with Gasteiger partial charge in [0.05, 0.1) is 18.8 Å². The standard InChI is InChI=1S/C15H32N2O4/c1-13(2)17-15(3,14(16)18)7-5-9-20-11-12-21-10-6-8-19-4/h13,17H,5-12H2,1-4H3,(H2,16,18). The van der Waals surface area contributed by atoms with E-state index in [9.17, 15) is 4.79 Å². The van der Waals surface area contributed by atoms with Crippen LogP contribution in [0.2, 0.25) is 0 Å². The highest BCUT2D eigenvalue weighted by Gasteiger charge is 2.30. The van der Waals surface area contributed by atoms with Gasteiger partial charge in [0.15, 0.2) is 0 Å². The second-order valence-corrected chi connectivity index (χ2v) is 5.67. The molecule has 0 heterocycles. The van der Waals surface area contributed by atoms with Gasteiger partial charge in [-0.25, -0.2) is 0 Å². The Hall–Kier alpha value is -0.690. The van der Waals surface area contributed by atoms with Crippen molar-refractivity contribution < 1.29 is 19.0 Å². The molecule has 1 amide bonds. The maximum atomic E-state index is 11.5. The summed E-state index contributed by atoms with van der Waals surface area (Å²) in [7, 11) is 1.68. The maximum Gasteiger partial charge on any atom is 0.237 e. The number of hydrogen-bond acceptors (Lipinski definition) is 5. The average molecular weight is 304 g/mol. The number of ether oxygens (including phenoxy) is 3. The number of primary amides is 1. The second-order valence-electron chi connectivity index (χ2n) is 5.67. The molecule has 0 fully saturated rings. The fourth-order valence-electron chi connectivity index (χ4n) is 2.06. The number of rotatable bonds is 14. The Morgan fingerprint density at radius 3 is 2.14 bits per heavy atom. The van der Waals surface area contributed by atoms with Gasteiger partial charge >= 0.3 is 0 Å². The molecule has 0 aliphatic heterocycles. The van der Waals surface area contributed by atoms with Crippen molar-refractivity contribution >= 4 is 5.91 Å². The minimum Gasteiger partial charge on any atom is -0.385 e. The highest BCUT2D eigenvalue weighted by molar-refractivity contribution is 5.84. The van der Waals surface area contributed by atoms with E-state index < -0.39 is 5.54 Å². The Balaban J connectivity index is 3.61. The molecular weight excluding hydrogens is 272 g/mol. The SMILES string of the molecule is COCCCOCCOCCCC(C)(NC(C)C)C(N)=O. The zero-order valence-electron chi connectivity index (χ0n) is 13.9. The van der Waals surface area contributed by atoms with Gasteiger partial charge < -0.3 is 25.3 Å². The van der Waals surface area contributed by atoms with Crippen molar-refractivity contribution in [3.8, 4) is 0 Å². The molecule has 1 atom stereocenters. The molecule has 0 bridgehead atoms. The van der Waals surface area contributed by atoms with Gasteiger partial charge in [-0.15, -0.1) is 0 Å². The van der Waals surface area contributed by atoms with Crippen LogP contribution in [-0.4, -0.2) is 57.6 Å². The van der Waals surface area contributed by atoms with Crippen LogP contribution >= 0.6 is 0 Å². The normalized spacial score (nSPS) is 14.3. The van der Waals surface area contributed by atoms with Gasteiger partial charge in [0, 0.05) is 33.0 Å². The van der Waals surface area contributed by atoms with Crippen molar-refractivity contribution in [2.75, 3.05) is 40.1 Å². The van der Waals surface area contributed by atoms with E-state index in [1.165, 1.54) is 0 Å². The smallest absolute Gasteiger partial charge is 0.237 e. The lowest BCUT2D eigenvalue weighted by Crippen LogP contribution is -2.55. The molecule has 0 aromatic carbocycles. The van der Waals surface area contributed by atoms with Crippen molar-refractivity contribution in [3.63, 3.8) is 0 Å².